The lowest BCUT2D eigenvalue weighted by atomic mass is 9.84. The molecule has 0 aromatic carbocycles. The molecule has 0 nitrogen and oxygen atoms in total. The maximum absolute atomic E-state index is 3.11. The van der Waals surface area contributed by atoms with Gasteiger partial charge in [-0.15, -0.1) is 17.9 Å². The summed E-state index contributed by atoms with van der Waals surface area (Å²) in [7, 11) is 7.28. The van der Waals surface area contributed by atoms with E-state index in [1.54, 1.807) is 11.1 Å². The molecule has 0 saturated heterocycles. The van der Waals surface area contributed by atoms with E-state index in [0.29, 0.717) is 0 Å². The fraction of sp³-hybridized carbons (Fsp3) is 0.600. The zero-order valence-electron chi connectivity index (χ0n) is 8.53. The number of allylic oxidation sites excluding steroid dienone is 4. The average Bonchev–Trinajstić information content (AvgIpc) is 2.66. The molecule has 0 amide bonds. The monoisotopic (exact) mass is 262 g/mol. The van der Waals surface area contributed by atoms with E-state index in [9.17, 15) is 0 Å². The lowest BCUT2D eigenvalue weighted by Crippen LogP contribution is -2.20. The summed E-state index contributed by atoms with van der Waals surface area (Å²) in [5.41, 5.74) is 4.37. The van der Waals surface area contributed by atoms with Crippen LogP contribution in [0.2, 0.25) is 0 Å². The molecule has 0 bridgehead atoms. The van der Waals surface area contributed by atoms with Crippen LogP contribution in [-0.2, 0) is 0 Å². The van der Waals surface area contributed by atoms with Gasteiger partial charge < -0.3 is 0 Å². The summed E-state index contributed by atoms with van der Waals surface area (Å²) >= 11 is 0. The minimum absolute atomic E-state index is 0.186. The molecule has 0 aromatic rings. The summed E-state index contributed by atoms with van der Waals surface area (Å²) in [5.74, 6) is 0.838. The van der Waals surface area contributed by atoms with Gasteiger partial charge in [-0.1, -0.05) is 39.9 Å². The molecule has 0 aromatic heterocycles. The van der Waals surface area contributed by atoms with Crippen LogP contribution >= 0.6 is 33.1 Å². The smallest absolute Gasteiger partial charge is 0.00695 e. The van der Waals surface area contributed by atoms with Gasteiger partial charge in [0.2, 0.25) is 0 Å². The molecular weight excluding hydrogens is 244 g/mol. The maximum Gasteiger partial charge on any atom is -0.00695 e. The molecule has 0 N–H and O–H groups in total. The molecule has 4 unspecified atom stereocenters. The Bertz CT molecular complexity index is 282. The average molecular weight is 262 g/mol. The largest absolute Gasteiger partial charge is 0.110 e. The van der Waals surface area contributed by atoms with Crippen molar-refractivity contribution in [1.82, 2.24) is 0 Å². The SMILES string of the molecule is C[C@H]1C2=C(C=CC2)CC[C@@H]1P(P)PP. The summed E-state index contributed by atoms with van der Waals surface area (Å²) in [6, 6.07) is 0. The molecule has 0 saturated carbocycles. The number of rotatable bonds is 2. The van der Waals surface area contributed by atoms with Crippen LogP contribution in [0.1, 0.15) is 26.2 Å². The van der Waals surface area contributed by atoms with Crippen LogP contribution in [0.3, 0.4) is 0 Å². The lowest BCUT2D eigenvalue weighted by molar-refractivity contribution is 0.552. The molecule has 2 rings (SSSR count). The van der Waals surface area contributed by atoms with Crippen molar-refractivity contribution >= 4 is 33.1 Å². The molecule has 0 heterocycles. The zero-order chi connectivity index (χ0) is 10.1. The summed E-state index contributed by atoms with van der Waals surface area (Å²) in [5, 5.41) is 0. The Labute approximate surface area is 94.4 Å². The van der Waals surface area contributed by atoms with E-state index >= 15 is 0 Å². The molecule has 2 aliphatic carbocycles. The summed E-state index contributed by atoms with van der Waals surface area (Å²) in [6.07, 6.45) is 8.69. The molecule has 0 spiro atoms. The molecule has 0 radical (unpaired) electrons. The third kappa shape index (κ3) is 2.15. The quantitative estimate of drug-likeness (QED) is 0.633. The second-order valence-electron chi connectivity index (χ2n) is 4.09. The van der Waals surface area contributed by atoms with Crippen molar-refractivity contribution in [2.45, 2.75) is 31.8 Å². The topological polar surface area (TPSA) is 0 Å². The molecule has 2 aliphatic rings. The highest BCUT2D eigenvalue weighted by molar-refractivity contribution is 8.61. The van der Waals surface area contributed by atoms with Crippen LogP contribution in [-0.4, -0.2) is 5.66 Å². The van der Waals surface area contributed by atoms with Gasteiger partial charge in [-0.3, -0.25) is 0 Å². The first kappa shape index (κ1) is 11.7. The predicted octanol–water partition coefficient (Wildman–Crippen LogP) is 4.70. The first-order chi connectivity index (χ1) is 6.74. The van der Waals surface area contributed by atoms with E-state index in [0.717, 1.165) is 19.5 Å². The molecule has 14 heavy (non-hydrogen) atoms. The Morgan fingerprint density at radius 3 is 3.07 bits per heavy atom. The Balaban J connectivity index is 2.13. The van der Waals surface area contributed by atoms with Crippen LogP contribution in [0.25, 0.3) is 0 Å². The minimum Gasteiger partial charge on any atom is -0.110 e. The van der Waals surface area contributed by atoms with Gasteiger partial charge in [-0.05, 0) is 36.4 Å². The van der Waals surface area contributed by atoms with E-state index in [2.05, 4.69) is 36.9 Å². The first-order valence-electron chi connectivity index (χ1n) is 5.12. The van der Waals surface area contributed by atoms with Crippen molar-refractivity contribution in [3.63, 3.8) is 0 Å². The minimum atomic E-state index is 0.186. The van der Waals surface area contributed by atoms with Gasteiger partial charge in [0.05, 0.1) is 0 Å². The summed E-state index contributed by atoms with van der Waals surface area (Å²) in [6.45, 7) is 2.44. The van der Waals surface area contributed by atoms with Crippen molar-refractivity contribution in [3.05, 3.63) is 23.3 Å². The first-order valence-corrected chi connectivity index (χ1v) is 11.8. The maximum atomic E-state index is 3.11. The van der Waals surface area contributed by atoms with Crippen molar-refractivity contribution < 1.29 is 0 Å². The third-order valence-corrected chi connectivity index (χ3v) is 14.9. The Morgan fingerprint density at radius 2 is 2.36 bits per heavy atom. The van der Waals surface area contributed by atoms with Gasteiger partial charge in [0.1, 0.15) is 0 Å². The van der Waals surface area contributed by atoms with E-state index in [1.807, 2.05) is 0 Å². The zero-order valence-corrected chi connectivity index (χ0v) is 12.7. The summed E-state index contributed by atoms with van der Waals surface area (Å²) < 4.78 is 0. The number of hydrogen-bond donors (Lipinski definition) is 0. The fourth-order valence-corrected chi connectivity index (χ4v) is 8.39. The van der Waals surface area contributed by atoms with E-state index in [1.165, 1.54) is 19.3 Å². The van der Waals surface area contributed by atoms with E-state index < -0.39 is 0 Å². The highest BCUT2D eigenvalue weighted by Crippen LogP contribution is 2.72. The molecule has 6 atom stereocenters. The number of hydrogen-bond acceptors (Lipinski definition) is 0. The van der Waals surface area contributed by atoms with Crippen molar-refractivity contribution in [2.24, 2.45) is 5.92 Å². The highest BCUT2D eigenvalue weighted by atomic mass is 32.6. The molecule has 0 fully saturated rings. The van der Waals surface area contributed by atoms with Crippen molar-refractivity contribution in [1.29, 1.82) is 0 Å². The van der Waals surface area contributed by atoms with Gasteiger partial charge in [0.25, 0.3) is 0 Å². The standard InChI is InChI=1S/C10H18P4/c1-7-9-4-2-3-8(9)5-6-10(7)14(12)13-11/h2-3,7,10,13H,4-6,11-12H2,1H3/t7-,10-,14?/m0/s1. The van der Waals surface area contributed by atoms with Gasteiger partial charge in [0, 0.05) is 0 Å². The molecule has 0 aliphatic heterocycles. The molecular formula is C10H18P4. The Hall–Kier alpha value is 1.20. The van der Waals surface area contributed by atoms with Gasteiger partial charge >= 0.3 is 0 Å². The van der Waals surface area contributed by atoms with Gasteiger partial charge in [0.15, 0.2) is 0 Å². The molecule has 4 heteroatoms. The lowest BCUT2D eigenvalue weighted by Gasteiger charge is -2.34. The summed E-state index contributed by atoms with van der Waals surface area (Å²) in [4.78, 5) is 0. The van der Waals surface area contributed by atoms with Crippen LogP contribution in [0.5, 0.6) is 0 Å². The second kappa shape index (κ2) is 5.02. The van der Waals surface area contributed by atoms with Crippen LogP contribution in [0, 0.1) is 5.92 Å². The van der Waals surface area contributed by atoms with Crippen molar-refractivity contribution in [2.75, 3.05) is 0 Å². The third-order valence-electron chi connectivity index (χ3n) is 3.41. The Kier molecular flexibility index (Phi) is 4.19. The predicted molar refractivity (Wildman–Crippen MR) is 77.6 cm³/mol. The molecule has 78 valence electrons. The van der Waals surface area contributed by atoms with Crippen LogP contribution in [0.15, 0.2) is 23.3 Å². The van der Waals surface area contributed by atoms with Crippen LogP contribution in [0.4, 0.5) is 0 Å². The van der Waals surface area contributed by atoms with E-state index in [4.69, 9.17) is 0 Å². The van der Waals surface area contributed by atoms with Crippen LogP contribution < -0.4 is 0 Å². The highest BCUT2D eigenvalue weighted by Gasteiger charge is 2.31. The Morgan fingerprint density at radius 1 is 1.57 bits per heavy atom. The van der Waals surface area contributed by atoms with Gasteiger partial charge in [-0.25, -0.2) is 0 Å². The van der Waals surface area contributed by atoms with Gasteiger partial charge in [-0.2, -0.15) is 0 Å². The van der Waals surface area contributed by atoms with E-state index in [-0.39, 0.29) is 7.30 Å². The second-order valence-corrected chi connectivity index (χ2v) is 13.7. The fourth-order valence-electron chi connectivity index (χ4n) is 2.55. The normalized spacial score (nSPS) is 34.2. The van der Waals surface area contributed by atoms with Crippen molar-refractivity contribution in [3.8, 4) is 0 Å².